The first-order chi connectivity index (χ1) is 10.6. The summed E-state index contributed by atoms with van der Waals surface area (Å²) in [6, 6.07) is 14.6. The lowest BCUT2D eigenvalue weighted by Gasteiger charge is -2.20. The molecule has 0 saturated carbocycles. The van der Waals surface area contributed by atoms with E-state index < -0.39 is 6.17 Å². The number of nitrogens with zero attached hydrogens (tertiary/aromatic N) is 2. The van der Waals surface area contributed by atoms with Crippen molar-refractivity contribution in [2.75, 3.05) is 5.32 Å². The van der Waals surface area contributed by atoms with Gasteiger partial charge in [0, 0.05) is 15.7 Å². The van der Waals surface area contributed by atoms with E-state index in [0.717, 1.165) is 11.3 Å². The Morgan fingerprint density at radius 1 is 0.909 bits per heavy atom. The van der Waals surface area contributed by atoms with E-state index in [2.05, 4.69) is 20.6 Å². The molecule has 0 amide bonds. The van der Waals surface area contributed by atoms with Crippen LogP contribution in [0.5, 0.6) is 0 Å². The molecule has 4 N–H and O–H groups in total. The number of hydrogen-bond acceptors (Lipinski definition) is 5. The summed E-state index contributed by atoms with van der Waals surface area (Å²) in [5.41, 5.74) is 7.59. The van der Waals surface area contributed by atoms with Crippen molar-refractivity contribution in [2.45, 2.75) is 6.17 Å². The lowest BCUT2D eigenvalue weighted by Crippen LogP contribution is -2.43. The Morgan fingerprint density at radius 2 is 1.50 bits per heavy atom. The fraction of sp³-hybridized carbons (Fsp3) is 0.0667. The molecular weight excluding hydrogens is 321 g/mol. The van der Waals surface area contributed by atoms with E-state index in [1.54, 1.807) is 24.3 Å². The van der Waals surface area contributed by atoms with E-state index in [1.165, 1.54) is 0 Å². The van der Waals surface area contributed by atoms with E-state index in [1.807, 2.05) is 24.3 Å². The van der Waals surface area contributed by atoms with Crippen molar-refractivity contribution < 1.29 is 0 Å². The Kier molecular flexibility index (Phi) is 4.18. The first-order valence-corrected chi connectivity index (χ1v) is 7.32. The van der Waals surface area contributed by atoms with Gasteiger partial charge in [0.25, 0.3) is 0 Å². The maximum atomic E-state index is 5.90. The molecule has 112 valence electrons. The number of aliphatic imine (C=N–C) groups is 2. The molecule has 3 rings (SSSR count). The van der Waals surface area contributed by atoms with Crippen LogP contribution in [0.15, 0.2) is 58.5 Å². The Labute approximate surface area is 137 Å². The molecule has 7 heteroatoms. The number of rotatable bonds is 2. The van der Waals surface area contributed by atoms with Crippen LogP contribution in [0.2, 0.25) is 10.0 Å². The average molecular weight is 334 g/mol. The van der Waals surface area contributed by atoms with Crippen molar-refractivity contribution in [3.63, 3.8) is 0 Å². The zero-order valence-electron chi connectivity index (χ0n) is 11.4. The van der Waals surface area contributed by atoms with Crippen LogP contribution >= 0.6 is 23.2 Å². The second kappa shape index (κ2) is 6.25. The van der Waals surface area contributed by atoms with E-state index in [9.17, 15) is 0 Å². The second-order valence-electron chi connectivity index (χ2n) is 4.67. The summed E-state index contributed by atoms with van der Waals surface area (Å²) in [4.78, 5) is 8.78. The molecule has 0 radical (unpaired) electrons. The number of halogens is 2. The van der Waals surface area contributed by atoms with E-state index >= 15 is 0 Å². The molecule has 5 nitrogen and oxygen atoms in total. The topological polar surface area (TPSA) is 74.8 Å². The normalized spacial score (nSPS) is 17.3. The van der Waals surface area contributed by atoms with Gasteiger partial charge in [-0.25, -0.2) is 9.98 Å². The van der Waals surface area contributed by atoms with Gasteiger partial charge in [0.2, 0.25) is 5.96 Å². The summed E-state index contributed by atoms with van der Waals surface area (Å²) in [7, 11) is 0. The van der Waals surface area contributed by atoms with Crippen molar-refractivity contribution in [3.05, 3.63) is 64.1 Å². The molecule has 1 aliphatic heterocycles. The predicted octanol–water partition coefficient (Wildman–Crippen LogP) is 3.38. The number of guanidine groups is 2. The Morgan fingerprint density at radius 3 is 2.14 bits per heavy atom. The first kappa shape index (κ1) is 14.7. The lowest BCUT2D eigenvalue weighted by molar-refractivity contribution is 0.751. The summed E-state index contributed by atoms with van der Waals surface area (Å²) >= 11 is 11.8. The van der Waals surface area contributed by atoms with Gasteiger partial charge in [-0.05, 0) is 42.0 Å². The van der Waals surface area contributed by atoms with Crippen LogP contribution in [0.25, 0.3) is 0 Å². The molecule has 2 aromatic carbocycles. The zero-order valence-corrected chi connectivity index (χ0v) is 12.9. The lowest BCUT2D eigenvalue weighted by atomic mass is 10.2. The molecule has 0 bridgehead atoms. The van der Waals surface area contributed by atoms with Crippen LogP contribution in [0, 0.1) is 0 Å². The van der Waals surface area contributed by atoms with Gasteiger partial charge in [-0.2, -0.15) is 0 Å². The molecule has 0 spiro atoms. The maximum absolute atomic E-state index is 5.90. The Balaban J connectivity index is 1.82. The van der Waals surface area contributed by atoms with Crippen molar-refractivity contribution in [1.82, 2.24) is 5.32 Å². The van der Waals surface area contributed by atoms with Crippen LogP contribution in [0.3, 0.4) is 0 Å². The standard InChI is InChI=1S/C15H13Cl2N5/c16-10-3-1-9(2-4-10)13-20-14(18)22-15(21-13)19-12-7-5-11(17)6-8-12/h1-8,13H,(H4,18,19,20,21,22). The minimum atomic E-state index is -0.409. The molecule has 1 heterocycles. The summed E-state index contributed by atoms with van der Waals surface area (Å²) in [6.07, 6.45) is -0.409. The fourth-order valence-electron chi connectivity index (χ4n) is 1.99. The molecule has 1 aliphatic rings. The maximum Gasteiger partial charge on any atom is 0.205 e. The molecule has 1 unspecified atom stereocenters. The Hall–Kier alpha value is -2.24. The molecule has 0 fully saturated rings. The quantitative estimate of drug-likeness (QED) is 0.788. The van der Waals surface area contributed by atoms with Gasteiger partial charge in [-0.3, -0.25) is 5.32 Å². The van der Waals surface area contributed by atoms with Gasteiger partial charge in [-0.15, -0.1) is 0 Å². The molecule has 2 aromatic rings. The third kappa shape index (κ3) is 3.50. The van der Waals surface area contributed by atoms with Gasteiger partial charge >= 0.3 is 0 Å². The monoisotopic (exact) mass is 333 g/mol. The Bertz CT molecular complexity index is 723. The van der Waals surface area contributed by atoms with Gasteiger partial charge in [0.1, 0.15) is 0 Å². The molecular formula is C15H13Cl2N5. The van der Waals surface area contributed by atoms with E-state index in [-0.39, 0.29) is 0 Å². The first-order valence-electron chi connectivity index (χ1n) is 6.56. The minimum absolute atomic E-state index is 0.298. The second-order valence-corrected chi connectivity index (χ2v) is 5.55. The molecule has 0 saturated heterocycles. The van der Waals surface area contributed by atoms with Gasteiger partial charge < -0.3 is 11.1 Å². The number of nitrogens with two attached hydrogens (primary N) is 1. The molecule has 22 heavy (non-hydrogen) atoms. The van der Waals surface area contributed by atoms with Crippen molar-refractivity contribution in [1.29, 1.82) is 0 Å². The highest BCUT2D eigenvalue weighted by molar-refractivity contribution is 6.30. The fourth-order valence-corrected chi connectivity index (χ4v) is 2.24. The van der Waals surface area contributed by atoms with E-state index in [4.69, 9.17) is 28.9 Å². The number of hydrogen-bond donors (Lipinski definition) is 3. The highest BCUT2D eigenvalue weighted by atomic mass is 35.5. The zero-order chi connectivity index (χ0) is 15.5. The molecule has 0 aliphatic carbocycles. The summed E-state index contributed by atoms with van der Waals surface area (Å²) in [5, 5.41) is 7.38. The average Bonchev–Trinajstić information content (AvgIpc) is 2.50. The van der Waals surface area contributed by atoms with Gasteiger partial charge in [0.05, 0.1) is 0 Å². The predicted molar refractivity (Wildman–Crippen MR) is 91.5 cm³/mol. The summed E-state index contributed by atoms with van der Waals surface area (Å²) < 4.78 is 0. The van der Waals surface area contributed by atoms with Crippen molar-refractivity contribution in [3.8, 4) is 0 Å². The largest absolute Gasteiger partial charge is 0.370 e. The third-order valence-electron chi connectivity index (χ3n) is 3.03. The minimum Gasteiger partial charge on any atom is -0.370 e. The van der Waals surface area contributed by atoms with Crippen LogP contribution < -0.4 is 16.4 Å². The SMILES string of the molecule is NC1=NC(c2ccc(Cl)cc2)N=C(Nc2ccc(Cl)cc2)N1. The van der Waals surface area contributed by atoms with Gasteiger partial charge in [0.15, 0.2) is 12.1 Å². The highest BCUT2D eigenvalue weighted by Gasteiger charge is 2.16. The smallest absolute Gasteiger partial charge is 0.205 e. The number of nitrogens with one attached hydrogen (secondary N) is 2. The summed E-state index contributed by atoms with van der Waals surface area (Å²) in [5.74, 6) is 0.821. The van der Waals surface area contributed by atoms with Crippen LogP contribution in [-0.2, 0) is 0 Å². The summed E-state index contributed by atoms with van der Waals surface area (Å²) in [6.45, 7) is 0. The number of anilines is 1. The molecule has 0 aromatic heterocycles. The van der Waals surface area contributed by atoms with Crippen LogP contribution in [0.4, 0.5) is 5.69 Å². The molecule has 1 atom stereocenters. The van der Waals surface area contributed by atoms with Crippen LogP contribution in [-0.4, -0.2) is 11.9 Å². The number of benzene rings is 2. The third-order valence-corrected chi connectivity index (χ3v) is 3.54. The van der Waals surface area contributed by atoms with Crippen molar-refractivity contribution >= 4 is 40.8 Å². The highest BCUT2D eigenvalue weighted by Crippen LogP contribution is 2.23. The van der Waals surface area contributed by atoms with Gasteiger partial charge in [-0.1, -0.05) is 35.3 Å². The van der Waals surface area contributed by atoms with E-state index in [0.29, 0.717) is 22.0 Å². The van der Waals surface area contributed by atoms with Crippen molar-refractivity contribution in [2.24, 2.45) is 15.7 Å². The van der Waals surface area contributed by atoms with Crippen LogP contribution in [0.1, 0.15) is 11.7 Å².